The van der Waals surface area contributed by atoms with E-state index in [9.17, 15) is 22.4 Å². The second-order valence-electron chi connectivity index (χ2n) is 8.95. The number of nitrogens with one attached hydrogen (secondary N) is 1. The molecule has 0 saturated carbocycles. The number of carbonyl (C=O) groups is 2. The Labute approximate surface area is 202 Å². The van der Waals surface area contributed by atoms with E-state index in [0.717, 1.165) is 21.7 Å². The van der Waals surface area contributed by atoms with Crippen LogP contribution in [0, 0.1) is 25.6 Å². The number of halogens is 1. The Balaban J connectivity index is 2.40. The number of hydrogen-bond donors (Lipinski definition) is 1. The molecule has 186 valence electrons. The number of rotatable bonds is 10. The minimum absolute atomic E-state index is 0.0276. The Morgan fingerprint density at radius 2 is 1.65 bits per heavy atom. The summed E-state index contributed by atoms with van der Waals surface area (Å²) >= 11 is 0. The summed E-state index contributed by atoms with van der Waals surface area (Å²) in [5.74, 6) is -1.07. The maximum absolute atomic E-state index is 13.5. The van der Waals surface area contributed by atoms with Crippen LogP contribution in [-0.4, -0.2) is 50.5 Å². The van der Waals surface area contributed by atoms with E-state index in [1.807, 2.05) is 26.8 Å². The molecule has 0 spiro atoms. The predicted molar refractivity (Wildman–Crippen MR) is 132 cm³/mol. The van der Waals surface area contributed by atoms with Crippen LogP contribution in [0.5, 0.6) is 0 Å². The van der Waals surface area contributed by atoms with Crippen LogP contribution >= 0.6 is 0 Å². The number of carbonyl (C=O) groups excluding carboxylic acids is 2. The summed E-state index contributed by atoms with van der Waals surface area (Å²) in [4.78, 5) is 27.6. The fraction of sp³-hybridized carbons (Fsp3) is 0.440. The minimum Gasteiger partial charge on any atom is -0.354 e. The summed E-state index contributed by atoms with van der Waals surface area (Å²) in [6.07, 6.45) is 1.05. The van der Waals surface area contributed by atoms with Crippen molar-refractivity contribution in [2.75, 3.05) is 23.7 Å². The van der Waals surface area contributed by atoms with Gasteiger partial charge in [-0.25, -0.2) is 12.8 Å². The van der Waals surface area contributed by atoms with Crippen molar-refractivity contribution in [1.29, 1.82) is 0 Å². The number of benzene rings is 2. The van der Waals surface area contributed by atoms with Gasteiger partial charge in [0, 0.05) is 13.1 Å². The average Bonchev–Trinajstić information content (AvgIpc) is 2.76. The lowest BCUT2D eigenvalue weighted by Gasteiger charge is -2.32. The molecule has 0 saturated heterocycles. The molecular formula is C25H34FN3O4S. The maximum Gasteiger partial charge on any atom is 0.244 e. The lowest BCUT2D eigenvalue weighted by Crippen LogP contribution is -2.51. The molecule has 0 unspecified atom stereocenters. The first kappa shape index (κ1) is 27.3. The summed E-state index contributed by atoms with van der Waals surface area (Å²) in [7, 11) is -3.80. The van der Waals surface area contributed by atoms with Gasteiger partial charge in [-0.05, 0) is 61.6 Å². The van der Waals surface area contributed by atoms with Gasteiger partial charge in [0.05, 0.1) is 11.9 Å². The molecule has 2 amide bonds. The Bertz CT molecular complexity index is 1120. The normalized spacial score (nSPS) is 12.4. The summed E-state index contributed by atoms with van der Waals surface area (Å²) in [6, 6.07) is 10.0. The van der Waals surface area contributed by atoms with Crippen molar-refractivity contribution in [1.82, 2.24) is 10.2 Å². The lowest BCUT2D eigenvalue weighted by atomic mass is 10.1. The molecule has 0 heterocycles. The number of hydrogen-bond acceptors (Lipinski definition) is 4. The minimum atomic E-state index is -3.80. The molecule has 2 aromatic carbocycles. The van der Waals surface area contributed by atoms with Crippen molar-refractivity contribution in [3.05, 3.63) is 65.0 Å². The smallest absolute Gasteiger partial charge is 0.244 e. The topological polar surface area (TPSA) is 86.8 Å². The van der Waals surface area contributed by atoms with Crippen molar-refractivity contribution in [3.8, 4) is 0 Å². The van der Waals surface area contributed by atoms with Gasteiger partial charge >= 0.3 is 0 Å². The fourth-order valence-electron chi connectivity index (χ4n) is 3.42. The van der Waals surface area contributed by atoms with Crippen LogP contribution in [0.15, 0.2) is 42.5 Å². The zero-order chi connectivity index (χ0) is 25.6. The van der Waals surface area contributed by atoms with Crippen LogP contribution in [-0.2, 0) is 26.2 Å². The number of amides is 2. The first-order chi connectivity index (χ1) is 15.8. The molecular weight excluding hydrogens is 457 g/mol. The SMILES string of the molecule is Cc1cccc(N(CC(=O)N(Cc2ccc(F)cc2)[C@@H](C)C(=O)NCC(C)C)S(C)(=O)=O)c1C. The Kier molecular flexibility index (Phi) is 9.21. The summed E-state index contributed by atoms with van der Waals surface area (Å²) in [5.41, 5.74) is 2.67. The van der Waals surface area contributed by atoms with E-state index in [1.54, 1.807) is 26.0 Å². The van der Waals surface area contributed by atoms with Gasteiger partial charge in [0.1, 0.15) is 18.4 Å². The third kappa shape index (κ3) is 7.28. The quantitative estimate of drug-likeness (QED) is 0.552. The van der Waals surface area contributed by atoms with Crippen molar-refractivity contribution < 1.29 is 22.4 Å². The van der Waals surface area contributed by atoms with Gasteiger partial charge in [-0.15, -0.1) is 0 Å². The second kappa shape index (κ2) is 11.5. The number of anilines is 1. The molecule has 0 radical (unpaired) electrons. The third-order valence-corrected chi connectivity index (χ3v) is 6.77. The van der Waals surface area contributed by atoms with Gasteiger partial charge in [-0.1, -0.05) is 38.1 Å². The standard InChI is InChI=1S/C25H34FN3O4S/c1-17(2)14-27-25(31)20(5)28(15-21-10-12-22(26)13-11-21)24(30)16-29(34(6,32)33)23-9-7-8-18(3)19(23)4/h7-13,17,20H,14-16H2,1-6H3,(H,27,31)/t20-/m0/s1. The molecule has 9 heteroatoms. The van der Waals surface area contributed by atoms with Gasteiger partial charge in [0.2, 0.25) is 21.8 Å². The molecule has 0 bridgehead atoms. The monoisotopic (exact) mass is 491 g/mol. The number of sulfonamides is 1. The Morgan fingerprint density at radius 3 is 2.21 bits per heavy atom. The molecule has 2 rings (SSSR count). The predicted octanol–water partition coefficient (Wildman–Crippen LogP) is 3.40. The van der Waals surface area contributed by atoms with Gasteiger partial charge < -0.3 is 10.2 Å². The highest BCUT2D eigenvalue weighted by atomic mass is 32.2. The van der Waals surface area contributed by atoms with E-state index >= 15 is 0 Å². The maximum atomic E-state index is 13.5. The van der Waals surface area contributed by atoms with Crippen LogP contribution in [0.4, 0.5) is 10.1 Å². The van der Waals surface area contributed by atoms with Crippen LogP contribution in [0.25, 0.3) is 0 Å². The zero-order valence-corrected chi connectivity index (χ0v) is 21.4. The molecule has 0 aliphatic rings. The van der Waals surface area contributed by atoms with Crippen LogP contribution in [0.2, 0.25) is 0 Å². The molecule has 0 fully saturated rings. The summed E-state index contributed by atoms with van der Waals surface area (Å²) in [5, 5.41) is 2.82. The van der Waals surface area contributed by atoms with Crippen LogP contribution in [0.1, 0.15) is 37.5 Å². The van der Waals surface area contributed by atoms with Gasteiger partial charge in [-0.2, -0.15) is 0 Å². The number of nitrogens with zero attached hydrogens (tertiary/aromatic N) is 2. The molecule has 2 aromatic rings. The van der Waals surface area contributed by atoms with Gasteiger partial charge in [-0.3, -0.25) is 13.9 Å². The van der Waals surface area contributed by atoms with Gasteiger partial charge in [0.25, 0.3) is 0 Å². The molecule has 1 N–H and O–H groups in total. The average molecular weight is 492 g/mol. The highest BCUT2D eigenvalue weighted by molar-refractivity contribution is 7.92. The highest BCUT2D eigenvalue weighted by Gasteiger charge is 2.30. The van der Waals surface area contributed by atoms with Crippen molar-refractivity contribution >= 4 is 27.5 Å². The van der Waals surface area contributed by atoms with E-state index in [0.29, 0.717) is 17.8 Å². The zero-order valence-electron chi connectivity index (χ0n) is 20.6. The number of aryl methyl sites for hydroxylation is 1. The van der Waals surface area contributed by atoms with Gasteiger partial charge in [0.15, 0.2) is 0 Å². The first-order valence-corrected chi connectivity index (χ1v) is 13.0. The fourth-order valence-corrected chi connectivity index (χ4v) is 4.32. The lowest BCUT2D eigenvalue weighted by molar-refractivity contribution is -0.139. The van der Waals surface area contributed by atoms with E-state index in [4.69, 9.17) is 0 Å². The molecule has 0 aliphatic carbocycles. The van der Waals surface area contributed by atoms with E-state index in [2.05, 4.69) is 5.32 Å². The van der Waals surface area contributed by atoms with Crippen molar-refractivity contribution in [3.63, 3.8) is 0 Å². The van der Waals surface area contributed by atoms with E-state index in [1.165, 1.54) is 29.2 Å². The summed E-state index contributed by atoms with van der Waals surface area (Å²) < 4.78 is 39.8. The third-order valence-electron chi connectivity index (χ3n) is 5.64. The molecule has 1 atom stereocenters. The van der Waals surface area contributed by atoms with Crippen LogP contribution < -0.4 is 9.62 Å². The molecule has 34 heavy (non-hydrogen) atoms. The second-order valence-corrected chi connectivity index (χ2v) is 10.9. The highest BCUT2D eigenvalue weighted by Crippen LogP contribution is 2.25. The molecule has 7 nitrogen and oxygen atoms in total. The summed E-state index contributed by atoms with van der Waals surface area (Å²) in [6.45, 7) is 9.18. The Morgan fingerprint density at radius 1 is 1.03 bits per heavy atom. The Hall–Kier alpha value is -2.94. The van der Waals surface area contributed by atoms with Crippen LogP contribution in [0.3, 0.4) is 0 Å². The molecule has 0 aliphatic heterocycles. The van der Waals surface area contributed by atoms with Crippen molar-refractivity contribution in [2.45, 2.75) is 47.2 Å². The first-order valence-electron chi connectivity index (χ1n) is 11.2. The van der Waals surface area contributed by atoms with E-state index in [-0.39, 0.29) is 18.4 Å². The van der Waals surface area contributed by atoms with Crippen molar-refractivity contribution in [2.24, 2.45) is 5.92 Å². The van der Waals surface area contributed by atoms with E-state index < -0.39 is 34.3 Å². The molecule has 0 aromatic heterocycles. The largest absolute Gasteiger partial charge is 0.354 e.